The number of likely N-dealkylation sites (tertiary alicyclic amines) is 1. The zero-order valence-electron chi connectivity index (χ0n) is 20.5. The van der Waals surface area contributed by atoms with E-state index in [1.54, 1.807) is 10.9 Å². The van der Waals surface area contributed by atoms with Gasteiger partial charge in [0.25, 0.3) is 0 Å². The Morgan fingerprint density at radius 2 is 1.89 bits per heavy atom. The molecule has 9 nitrogen and oxygen atoms in total. The summed E-state index contributed by atoms with van der Waals surface area (Å²) in [5, 5.41) is 12.2. The number of amides is 1. The van der Waals surface area contributed by atoms with Crippen LogP contribution in [0.2, 0.25) is 0 Å². The summed E-state index contributed by atoms with van der Waals surface area (Å²) >= 11 is 0. The fourth-order valence-corrected chi connectivity index (χ4v) is 4.59. The van der Waals surface area contributed by atoms with E-state index in [9.17, 15) is 9.59 Å². The second-order valence-electron chi connectivity index (χ2n) is 8.96. The van der Waals surface area contributed by atoms with Crippen LogP contribution >= 0.6 is 0 Å². The van der Waals surface area contributed by atoms with Gasteiger partial charge in [-0.3, -0.25) is 14.7 Å². The highest BCUT2D eigenvalue weighted by Crippen LogP contribution is 2.27. The van der Waals surface area contributed by atoms with Crippen LogP contribution in [0, 0.1) is 0 Å². The lowest BCUT2D eigenvalue weighted by Crippen LogP contribution is -2.43. The molecular weight excluding hydrogens is 468 g/mol. The summed E-state index contributed by atoms with van der Waals surface area (Å²) in [6.45, 7) is 1.53. The van der Waals surface area contributed by atoms with Crippen LogP contribution in [0.5, 0.6) is 0 Å². The standard InChI is InChI=1S/C28H28N6O3/c1-37-28(36)25-19-34(32-31-25)23-16-26(33(18-23)15-7-10-20-8-3-2-4-9-20)27(35)29-17-22-14-13-21-11-5-6-12-24(21)30-22/h2-14,19,23,26H,15-18H2,1H3,(H,29,35)/t23-,26-/m0/s1. The minimum atomic E-state index is -0.538. The number of carbonyl (C=O) groups excluding carboxylic acids is 2. The number of benzene rings is 2. The molecule has 9 heteroatoms. The molecule has 37 heavy (non-hydrogen) atoms. The van der Waals surface area contributed by atoms with Crippen molar-refractivity contribution in [3.63, 3.8) is 0 Å². The molecule has 188 valence electrons. The number of para-hydroxylation sites is 1. The summed E-state index contributed by atoms with van der Waals surface area (Å²) in [5.41, 5.74) is 2.94. The summed E-state index contributed by atoms with van der Waals surface area (Å²) in [6, 6.07) is 21.4. The number of rotatable bonds is 8. The predicted molar refractivity (Wildman–Crippen MR) is 139 cm³/mol. The Bertz CT molecular complexity index is 1420. The maximum absolute atomic E-state index is 13.3. The average Bonchev–Trinajstić information content (AvgIpc) is 3.60. The third kappa shape index (κ3) is 5.73. The zero-order chi connectivity index (χ0) is 25.6. The summed E-state index contributed by atoms with van der Waals surface area (Å²) in [5.74, 6) is -0.608. The highest BCUT2D eigenvalue weighted by molar-refractivity contribution is 5.86. The number of ether oxygens (including phenoxy) is 1. The van der Waals surface area contributed by atoms with Crippen LogP contribution in [0.3, 0.4) is 0 Å². The molecule has 1 amide bonds. The Morgan fingerprint density at radius 1 is 1.08 bits per heavy atom. The lowest BCUT2D eigenvalue weighted by atomic mass is 10.1. The first-order valence-corrected chi connectivity index (χ1v) is 12.2. The number of fused-ring (bicyclic) bond motifs is 1. The van der Waals surface area contributed by atoms with Crippen molar-refractivity contribution in [2.45, 2.75) is 25.0 Å². The second kappa shape index (κ2) is 11.1. The highest BCUT2D eigenvalue weighted by atomic mass is 16.5. The molecule has 1 fully saturated rings. The molecule has 1 N–H and O–H groups in total. The van der Waals surface area contributed by atoms with Gasteiger partial charge < -0.3 is 10.1 Å². The molecule has 3 heterocycles. The molecule has 2 aromatic carbocycles. The molecule has 1 saturated heterocycles. The van der Waals surface area contributed by atoms with E-state index >= 15 is 0 Å². The van der Waals surface area contributed by atoms with Crippen LogP contribution in [-0.2, 0) is 16.1 Å². The van der Waals surface area contributed by atoms with E-state index in [2.05, 4.69) is 31.6 Å². The zero-order valence-corrected chi connectivity index (χ0v) is 20.5. The Labute approximate surface area is 214 Å². The molecule has 0 saturated carbocycles. The van der Waals surface area contributed by atoms with Gasteiger partial charge in [0.2, 0.25) is 5.91 Å². The van der Waals surface area contributed by atoms with Crippen molar-refractivity contribution in [3.05, 3.63) is 96.0 Å². The molecule has 0 aliphatic carbocycles. The van der Waals surface area contributed by atoms with E-state index in [1.165, 1.54) is 7.11 Å². The van der Waals surface area contributed by atoms with Gasteiger partial charge >= 0.3 is 5.97 Å². The van der Waals surface area contributed by atoms with Crippen LogP contribution in [0.4, 0.5) is 0 Å². The molecule has 5 rings (SSSR count). The monoisotopic (exact) mass is 496 g/mol. The Hall–Kier alpha value is -4.37. The third-order valence-corrected chi connectivity index (χ3v) is 6.51. The number of hydrogen-bond acceptors (Lipinski definition) is 7. The molecule has 1 aliphatic heterocycles. The molecule has 2 atom stereocenters. The van der Waals surface area contributed by atoms with E-state index in [0.29, 0.717) is 26.1 Å². The summed E-state index contributed by atoms with van der Waals surface area (Å²) in [7, 11) is 1.31. The lowest BCUT2D eigenvalue weighted by Gasteiger charge is -2.22. The molecule has 0 spiro atoms. The third-order valence-electron chi connectivity index (χ3n) is 6.51. The number of hydrogen-bond donors (Lipinski definition) is 1. The maximum Gasteiger partial charge on any atom is 0.360 e. The summed E-state index contributed by atoms with van der Waals surface area (Å²) < 4.78 is 6.40. The van der Waals surface area contributed by atoms with Crippen molar-refractivity contribution >= 4 is 28.9 Å². The predicted octanol–water partition coefficient (Wildman–Crippen LogP) is 3.26. The Morgan fingerprint density at radius 3 is 2.73 bits per heavy atom. The normalized spacial score (nSPS) is 17.9. The van der Waals surface area contributed by atoms with E-state index in [-0.39, 0.29) is 23.7 Å². The van der Waals surface area contributed by atoms with Crippen LogP contribution in [0.15, 0.2) is 79.0 Å². The highest BCUT2D eigenvalue weighted by Gasteiger charge is 2.37. The fraction of sp³-hybridized carbons (Fsp3) is 0.250. The lowest BCUT2D eigenvalue weighted by molar-refractivity contribution is -0.125. The first kappa shape index (κ1) is 24.3. The van der Waals surface area contributed by atoms with Gasteiger partial charge in [0.1, 0.15) is 0 Å². The minimum Gasteiger partial charge on any atom is -0.464 e. The Kier molecular flexibility index (Phi) is 7.32. The van der Waals surface area contributed by atoms with Gasteiger partial charge in [-0.25, -0.2) is 9.48 Å². The Balaban J connectivity index is 1.29. The smallest absolute Gasteiger partial charge is 0.360 e. The van der Waals surface area contributed by atoms with Gasteiger partial charge in [-0.1, -0.05) is 72.0 Å². The summed E-state index contributed by atoms with van der Waals surface area (Å²) in [4.78, 5) is 31.9. The van der Waals surface area contributed by atoms with Gasteiger partial charge in [0, 0.05) is 18.5 Å². The SMILES string of the molecule is COC(=O)c1cn([C@H]2C[C@@H](C(=O)NCc3ccc4ccccc4n3)N(CC=Cc3ccccc3)C2)nn1. The van der Waals surface area contributed by atoms with Crippen LogP contribution in [-0.4, -0.2) is 63.0 Å². The molecule has 2 aromatic heterocycles. The molecule has 0 bridgehead atoms. The van der Waals surface area contributed by atoms with Crippen molar-refractivity contribution in [2.24, 2.45) is 0 Å². The average molecular weight is 497 g/mol. The first-order valence-electron chi connectivity index (χ1n) is 12.2. The molecule has 4 aromatic rings. The minimum absolute atomic E-state index is 0.0705. The van der Waals surface area contributed by atoms with Crippen molar-refractivity contribution in [3.8, 4) is 0 Å². The van der Waals surface area contributed by atoms with E-state index in [0.717, 1.165) is 22.2 Å². The summed E-state index contributed by atoms with van der Waals surface area (Å²) in [6.07, 6.45) is 6.23. The number of esters is 1. The number of aromatic nitrogens is 4. The maximum atomic E-state index is 13.3. The first-order chi connectivity index (χ1) is 18.1. The second-order valence-corrected chi connectivity index (χ2v) is 8.96. The van der Waals surface area contributed by atoms with Gasteiger partial charge in [-0.05, 0) is 24.1 Å². The van der Waals surface area contributed by atoms with Crippen molar-refractivity contribution < 1.29 is 14.3 Å². The van der Waals surface area contributed by atoms with E-state index in [1.807, 2.05) is 72.8 Å². The molecule has 1 aliphatic rings. The largest absolute Gasteiger partial charge is 0.464 e. The molecular formula is C28H28N6O3. The number of pyridine rings is 1. The molecule has 0 unspecified atom stereocenters. The van der Waals surface area contributed by atoms with Gasteiger partial charge in [0.05, 0.1) is 43.1 Å². The number of nitrogens with zero attached hydrogens (tertiary/aromatic N) is 5. The van der Waals surface area contributed by atoms with Gasteiger partial charge in [-0.15, -0.1) is 5.10 Å². The number of methoxy groups -OCH3 is 1. The van der Waals surface area contributed by atoms with Crippen molar-refractivity contribution in [1.82, 2.24) is 30.2 Å². The number of carbonyl (C=O) groups is 2. The van der Waals surface area contributed by atoms with Crippen LogP contribution in [0.25, 0.3) is 17.0 Å². The fourth-order valence-electron chi connectivity index (χ4n) is 4.59. The van der Waals surface area contributed by atoms with Crippen molar-refractivity contribution in [2.75, 3.05) is 20.2 Å². The van der Waals surface area contributed by atoms with E-state index in [4.69, 9.17) is 4.74 Å². The van der Waals surface area contributed by atoms with E-state index < -0.39 is 5.97 Å². The quantitative estimate of drug-likeness (QED) is 0.374. The van der Waals surface area contributed by atoms with Crippen molar-refractivity contribution in [1.29, 1.82) is 0 Å². The molecule has 0 radical (unpaired) electrons. The van der Waals surface area contributed by atoms with Gasteiger partial charge in [0.15, 0.2) is 5.69 Å². The van der Waals surface area contributed by atoms with Crippen LogP contribution < -0.4 is 5.32 Å². The number of nitrogens with one attached hydrogen (secondary N) is 1. The topological polar surface area (TPSA) is 102 Å². The van der Waals surface area contributed by atoms with Crippen LogP contribution in [0.1, 0.15) is 34.2 Å². The van der Waals surface area contributed by atoms with Gasteiger partial charge in [-0.2, -0.15) is 0 Å².